The van der Waals surface area contributed by atoms with Crippen LogP contribution in [0.4, 0.5) is 5.13 Å². The van der Waals surface area contributed by atoms with Crippen LogP contribution in [0.5, 0.6) is 0 Å². The molecule has 0 radical (unpaired) electrons. The Balaban J connectivity index is 2.09. The molecule has 128 valence electrons. The first kappa shape index (κ1) is 18.1. The van der Waals surface area contributed by atoms with E-state index in [0.29, 0.717) is 11.6 Å². The third kappa shape index (κ3) is 4.61. The summed E-state index contributed by atoms with van der Waals surface area (Å²) in [5.41, 5.74) is 0.952. The molecular formula is C17H22N4O2S. The zero-order valence-corrected chi connectivity index (χ0v) is 14.9. The van der Waals surface area contributed by atoms with Crippen molar-refractivity contribution in [1.82, 2.24) is 15.5 Å². The van der Waals surface area contributed by atoms with Crippen molar-refractivity contribution in [2.75, 3.05) is 5.32 Å². The number of carbonyl (C=O) groups excluding carboxylic acids is 2. The number of anilines is 1. The summed E-state index contributed by atoms with van der Waals surface area (Å²) in [5.74, 6) is -0.374. The lowest BCUT2D eigenvalue weighted by Gasteiger charge is -2.22. The summed E-state index contributed by atoms with van der Waals surface area (Å²) in [5, 5.41) is 14.8. The number of carbonyl (C=O) groups is 2. The van der Waals surface area contributed by atoms with Crippen LogP contribution in [0.2, 0.25) is 0 Å². The second-order valence-electron chi connectivity index (χ2n) is 5.55. The molecule has 2 atom stereocenters. The molecule has 2 N–H and O–H groups in total. The van der Waals surface area contributed by atoms with Gasteiger partial charge in [-0.2, -0.15) is 0 Å². The summed E-state index contributed by atoms with van der Waals surface area (Å²) < 4.78 is 0. The van der Waals surface area contributed by atoms with Crippen molar-refractivity contribution < 1.29 is 9.59 Å². The Morgan fingerprint density at radius 2 is 1.88 bits per heavy atom. The molecule has 0 saturated carbocycles. The predicted octanol–water partition coefficient (Wildman–Crippen LogP) is 3.08. The fourth-order valence-electron chi connectivity index (χ4n) is 2.13. The number of rotatable bonds is 7. The van der Waals surface area contributed by atoms with E-state index >= 15 is 0 Å². The molecule has 6 nitrogen and oxygen atoms in total. The molecule has 1 aromatic heterocycles. The van der Waals surface area contributed by atoms with Gasteiger partial charge in [0.05, 0.1) is 0 Å². The van der Waals surface area contributed by atoms with E-state index in [-0.39, 0.29) is 17.7 Å². The van der Waals surface area contributed by atoms with Gasteiger partial charge in [-0.3, -0.25) is 14.9 Å². The molecule has 24 heavy (non-hydrogen) atoms. The van der Waals surface area contributed by atoms with Gasteiger partial charge in [0.2, 0.25) is 16.9 Å². The lowest BCUT2D eigenvalue weighted by Crippen LogP contribution is -2.47. The molecule has 2 rings (SSSR count). The molecule has 0 aliphatic heterocycles. The van der Waals surface area contributed by atoms with Crippen molar-refractivity contribution in [2.24, 2.45) is 5.92 Å². The van der Waals surface area contributed by atoms with E-state index in [1.54, 1.807) is 6.92 Å². The molecule has 2 amide bonds. The van der Waals surface area contributed by atoms with E-state index in [4.69, 9.17) is 0 Å². The van der Waals surface area contributed by atoms with Gasteiger partial charge < -0.3 is 5.32 Å². The quantitative estimate of drug-likeness (QED) is 0.807. The zero-order chi connectivity index (χ0) is 17.5. The number of nitrogens with one attached hydrogen (secondary N) is 2. The normalized spacial score (nSPS) is 13.1. The van der Waals surface area contributed by atoms with Gasteiger partial charge in [0, 0.05) is 12.0 Å². The highest BCUT2D eigenvalue weighted by Crippen LogP contribution is 2.26. The third-order valence-electron chi connectivity index (χ3n) is 3.81. The van der Waals surface area contributed by atoms with Crippen molar-refractivity contribution in [3.8, 4) is 10.6 Å². The Morgan fingerprint density at radius 1 is 1.17 bits per heavy atom. The molecule has 1 aromatic carbocycles. The van der Waals surface area contributed by atoms with Crippen LogP contribution >= 0.6 is 11.3 Å². The summed E-state index contributed by atoms with van der Waals surface area (Å²) in [4.78, 5) is 24.2. The van der Waals surface area contributed by atoms with Gasteiger partial charge in [0.1, 0.15) is 11.0 Å². The van der Waals surface area contributed by atoms with Gasteiger partial charge >= 0.3 is 0 Å². The molecule has 0 saturated heterocycles. The molecule has 2 aromatic rings. The summed E-state index contributed by atoms with van der Waals surface area (Å²) >= 11 is 1.31. The maximum absolute atomic E-state index is 12.5. The minimum absolute atomic E-state index is 0.0296. The Morgan fingerprint density at radius 3 is 2.50 bits per heavy atom. The van der Waals surface area contributed by atoms with Crippen LogP contribution in [0.1, 0.15) is 33.6 Å². The van der Waals surface area contributed by atoms with Crippen LogP contribution in [0.25, 0.3) is 10.6 Å². The van der Waals surface area contributed by atoms with E-state index in [0.717, 1.165) is 17.0 Å². The van der Waals surface area contributed by atoms with Crippen LogP contribution in [0.15, 0.2) is 30.3 Å². The zero-order valence-electron chi connectivity index (χ0n) is 14.1. The van der Waals surface area contributed by atoms with Crippen molar-refractivity contribution >= 4 is 28.3 Å². The molecule has 0 bridgehead atoms. The van der Waals surface area contributed by atoms with E-state index in [9.17, 15) is 9.59 Å². The Kier molecular flexibility index (Phi) is 6.43. The number of aromatic nitrogens is 2. The SMILES string of the molecule is CCC(=O)N[C@@H](C(=O)Nc1nnc(-c2ccccc2)s1)[C@@H](C)CC. The summed E-state index contributed by atoms with van der Waals surface area (Å²) in [6.45, 7) is 5.69. The van der Waals surface area contributed by atoms with Gasteiger partial charge in [-0.25, -0.2) is 0 Å². The topological polar surface area (TPSA) is 84.0 Å². The van der Waals surface area contributed by atoms with Gasteiger partial charge in [-0.1, -0.05) is 68.9 Å². The second kappa shape index (κ2) is 8.54. The largest absolute Gasteiger partial charge is 0.344 e. The molecule has 0 unspecified atom stereocenters. The van der Waals surface area contributed by atoms with E-state index < -0.39 is 6.04 Å². The minimum atomic E-state index is -0.577. The number of amides is 2. The van der Waals surface area contributed by atoms with Crippen LogP contribution in [0.3, 0.4) is 0 Å². The van der Waals surface area contributed by atoms with Crippen molar-refractivity contribution in [2.45, 2.75) is 39.7 Å². The molecular weight excluding hydrogens is 324 g/mol. The van der Waals surface area contributed by atoms with Gasteiger partial charge in [0.25, 0.3) is 0 Å². The number of benzene rings is 1. The fraction of sp³-hybridized carbons (Fsp3) is 0.412. The van der Waals surface area contributed by atoms with Crippen molar-refractivity contribution in [1.29, 1.82) is 0 Å². The van der Waals surface area contributed by atoms with Crippen LogP contribution < -0.4 is 10.6 Å². The molecule has 0 aliphatic rings. The fourth-order valence-corrected chi connectivity index (χ4v) is 2.88. The third-order valence-corrected chi connectivity index (χ3v) is 4.70. The van der Waals surface area contributed by atoms with Gasteiger partial charge in [-0.05, 0) is 5.92 Å². The maximum Gasteiger partial charge on any atom is 0.249 e. The van der Waals surface area contributed by atoms with Crippen LogP contribution in [-0.2, 0) is 9.59 Å². The molecule has 0 aliphatic carbocycles. The molecule has 0 spiro atoms. The maximum atomic E-state index is 12.5. The molecule has 0 fully saturated rings. The lowest BCUT2D eigenvalue weighted by atomic mass is 9.98. The Hall–Kier alpha value is -2.28. The smallest absolute Gasteiger partial charge is 0.249 e. The van der Waals surface area contributed by atoms with Crippen molar-refractivity contribution in [3.05, 3.63) is 30.3 Å². The first-order chi connectivity index (χ1) is 11.5. The van der Waals surface area contributed by atoms with Gasteiger partial charge in [-0.15, -0.1) is 10.2 Å². The minimum Gasteiger partial charge on any atom is -0.344 e. The lowest BCUT2D eigenvalue weighted by molar-refractivity contribution is -0.127. The summed E-state index contributed by atoms with van der Waals surface area (Å²) in [6.07, 6.45) is 1.13. The van der Waals surface area contributed by atoms with Gasteiger partial charge in [0.15, 0.2) is 0 Å². The highest BCUT2D eigenvalue weighted by atomic mass is 32.1. The average molecular weight is 346 g/mol. The molecule has 7 heteroatoms. The predicted molar refractivity (Wildman–Crippen MR) is 95.7 cm³/mol. The molecule has 1 heterocycles. The monoisotopic (exact) mass is 346 g/mol. The second-order valence-corrected chi connectivity index (χ2v) is 6.53. The number of nitrogens with zero attached hydrogens (tertiary/aromatic N) is 2. The standard InChI is InChI=1S/C17H22N4O2S/c1-4-11(3)14(18-13(22)5-2)15(23)19-17-21-20-16(24-17)12-9-7-6-8-10-12/h6-11,14H,4-5H2,1-3H3,(H,18,22)(H,19,21,23)/t11-,14+/m0/s1. The van der Waals surface area contributed by atoms with E-state index in [1.807, 2.05) is 44.2 Å². The average Bonchev–Trinajstić information content (AvgIpc) is 3.07. The first-order valence-corrected chi connectivity index (χ1v) is 8.85. The van der Waals surface area contributed by atoms with Crippen LogP contribution in [-0.4, -0.2) is 28.1 Å². The Labute approximate surface area is 145 Å². The highest BCUT2D eigenvalue weighted by molar-refractivity contribution is 7.18. The van der Waals surface area contributed by atoms with Crippen molar-refractivity contribution in [3.63, 3.8) is 0 Å². The van der Waals surface area contributed by atoms with E-state index in [2.05, 4.69) is 20.8 Å². The van der Waals surface area contributed by atoms with E-state index in [1.165, 1.54) is 11.3 Å². The number of hydrogen-bond donors (Lipinski definition) is 2. The summed E-state index contributed by atoms with van der Waals surface area (Å²) in [7, 11) is 0. The first-order valence-electron chi connectivity index (χ1n) is 8.04. The van der Waals surface area contributed by atoms with Crippen LogP contribution in [0, 0.1) is 5.92 Å². The highest BCUT2D eigenvalue weighted by Gasteiger charge is 2.26. The number of hydrogen-bond acceptors (Lipinski definition) is 5. The Bertz CT molecular complexity index is 687. The summed E-state index contributed by atoms with van der Waals surface area (Å²) in [6, 6.07) is 9.08.